The third kappa shape index (κ3) is 3.66. The first-order chi connectivity index (χ1) is 6.59. The van der Waals surface area contributed by atoms with Crippen molar-refractivity contribution in [2.45, 2.75) is 32.6 Å². The van der Waals surface area contributed by atoms with Gasteiger partial charge in [0.25, 0.3) is 0 Å². The van der Waals surface area contributed by atoms with Crippen molar-refractivity contribution in [3.05, 3.63) is 0 Å². The zero-order valence-corrected chi connectivity index (χ0v) is 9.20. The van der Waals surface area contributed by atoms with E-state index in [1.807, 2.05) is 6.92 Å². The maximum Gasteiger partial charge on any atom is 0.306 e. The van der Waals surface area contributed by atoms with Crippen molar-refractivity contribution in [1.29, 1.82) is 0 Å². The van der Waals surface area contributed by atoms with E-state index in [1.54, 1.807) is 0 Å². The van der Waals surface area contributed by atoms with Gasteiger partial charge in [0.1, 0.15) is 0 Å². The number of likely N-dealkylation sites (tertiary alicyclic amines) is 1. The van der Waals surface area contributed by atoms with Crippen molar-refractivity contribution in [2.75, 3.05) is 20.1 Å². The van der Waals surface area contributed by atoms with Crippen molar-refractivity contribution < 1.29 is 9.90 Å². The molecule has 0 radical (unpaired) electrons. The number of hydrogen-bond donors (Lipinski definition) is 1. The molecule has 0 aromatic rings. The van der Waals surface area contributed by atoms with Crippen LogP contribution < -0.4 is 0 Å². The Morgan fingerprint density at radius 2 is 2.29 bits per heavy atom. The Morgan fingerprint density at radius 3 is 2.93 bits per heavy atom. The number of hydrogen-bond acceptors (Lipinski definition) is 2. The molecule has 0 amide bonds. The first-order valence-electron chi connectivity index (χ1n) is 5.51. The lowest BCUT2D eigenvalue weighted by molar-refractivity contribution is -0.141. The van der Waals surface area contributed by atoms with E-state index < -0.39 is 5.97 Å². The molecule has 1 fully saturated rings. The zero-order valence-electron chi connectivity index (χ0n) is 9.20. The van der Waals surface area contributed by atoms with Crippen molar-refractivity contribution in [1.82, 2.24) is 4.90 Å². The second-order valence-corrected chi connectivity index (χ2v) is 4.60. The zero-order chi connectivity index (χ0) is 10.6. The molecule has 3 heteroatoms. The summed E-state index contributed by atoms with van der Waals surface area (Å²) in [5.74, 6) is -0.267. The van der Waals surface area contributed by atoms with E-state index >= 15 is 0 Å². The molecule has 0 aliphatic carbocycles. The molecule has 82 valence electrons. The van der Waals surface area contributed by atoms with Gasteiger partial charge < -0.3 is 10.0 Å². The summed E-state index contributed by atoms with van der Waals surface area (Å²) in [5.41, 5.74) is 0. The quantitative estimate of drug-likeness (QED) is 0.754. The van der Waals surface area contributed by atoms with Gasteiger partial charge in [0.15, 0.2) is 0 Å². The summed E-state index contributed by atoms with van der Waals surface area (Å²) in [6, 6.07) is 0. The van der Waals surface area contributed by atoms with Gasteiger partial charge in [0, 0.05) is 6.54 Å². The number of carboxylic acids is 1. The van der Waals surface area contributed by atoms with Crippen molar-refractivity contribution in [3.8, 4) is 0 Å². The summed E-state index contributed by atoms with van der Waals surface area (Å²) in [7, 11) is 2.13. The van der Waals surface area contributed by atoms with Crippen molar-refractivity contribution in [3.63, 3.8) is 0 Å². The molecule has 2 unspecified atom stereocenters. The lowest BCUT2D eigenvalue weighted by Crippen LogP contribution is -2.26. The summed E-state index contributed by atoms with van der Waals surface area (Å²) in [5, 5.41) is 8.84. The van der Waals surface area contributed by atoms with Crippen molar-refractivity contribution >= 4 is 5.97 Å². The molecule has 1 heterocycles. The van der Waals surface area contributed by atoms with Gasteiger partial charge in [-0.15, -0.1) is 0 Å². The molecule has 1 N–H and O–H groups in total. The van der Waals surface area contributed by atoms with Gasteiger partial charge in [-0.05, 0) is 38.8 Å². The lowest BCUT2D eigenvalue weighted by Gasteiger charge is -2.21. The fourth-order valence-corrected chi connectivity index (χ4v) is 2.23. The first-order valence-corrected chi connectivity index (χ1v) is 5.51. The number of carbonyl (C=O) groups is 1. The van der Waals surface area contributed by atoms with E-state index in [2.05, 4.69) is 11.9 Å². The van der Waals surface area contributed by atoms with E-state index in [1.165, 1.54) is 19.3 Å². The van der Waals surface area contributed by atoms with Crippen LogP contribution in [0.25, 0.3) is 0 Å². The van der Waals surface area contributed by atoms with Crippen LogP contribution in [0.15, 0.2) is 0 Å². The van der Waals surface area contributed by atoms with Gasteiger partial charge in [-0.2, -0.15) is 0 Å². The predicted molar refractivity (Wildman–Crippen MR) is 56.3 cm³/mol. The average molecular weight is 199 g/mol. The number of carboxylic acid groups (broad SMARTS) is 1. The minimum Gasteiger partial charge on any atom is -0.481 e. The fourth-order valence-electron chi connectivity index (χ4n) is 2.23. The number of rotatable bonds is 3. The molecule has 3 nitrogen and oxygen atoms in total. The summed E-state index contributed by atoms with van der Waals surface area (Å²) < 4.78 is 0. The Labute approximate surface area is 86.1 Å². The molecule has 1 rings (SSSR count). The second-order valence-electron chi connectivity index (χ2n) is 4.60. The Kier molecular flexibility index (Phi) is 4.39. The smallest absolute Gasteiger partial charge is 0.306 e. The molecule has 1 saturated heterocycles. The summed E-state index contributed by atoms with van der Waals surface area (Å²) in [6.45, 7) is 4.04. The molecule has 1 aliphatic heterocycles. The van der Waals surface area contributed by atoms with E-state index in [0.717, 1.165) is 19.5 Å². The van der Waals surface area contributed by atoms with Crippen LogP contribution in [0.3, 0.4) is 0 Å². The van der Waals surface area contributed by atoms with Gasteiger partial charge in [0.05, 0.1) is 5.92 Å². The average Bonchev–Trinajstić information content (AvgIpc) is 2.29. The molecule has 1 aliphatic rings. The lowest BCUT2D eigenvalue weighted by atomic mass is 9.92. The van der Waals surface area contributed by atoms with E-state index in [4.69, 9.17) is 5.11 Å². The minimum absolute atomic E-state index is 0.188. The monoisotopic (exact) mass is 199 g/mol. The molecular formula is C11H21NO2. The van der Waals surface area contributed by atoms with Crippen LogP contribution in [-0.2, 0) is 4.79 Å². The van der Waals surface area contributed by atoms with Gasteiger partial charge in [-0.3, -0.25) is 4.79 Å². The van der Waals surface area contributed by atoms with Crippen LogP contribution in [-0.4, -0.2) is 36.1 Å². The molecule has 0 aromatic carbocycles. The Hall–Kier alpha value is -0.570. The Balaban J connectivity index is 2.38. The topological polar surface area (TPSA) is 40.5 Å². The SMILES string of the molecule is CC(CC1CCCCN(C)C1)C(=O)O. The molecule has 0 bridgehead atoms. The minimum atomic E-state index is -0.656. The van der Waals surface area contributed by atoms with Crippen LogP contribution in [0.5, 0.6) is 0 Å². The third-order valence-electron chi connectivity index (χ3n) is 3.08. The van der Waals surface area contributed by atoms with Crippen molar-refractivity contribution in [2.24, 2.45) is 11.8 Å². The Bertz CT molecular complexity index is 194. The number of aliphatic carboxylic acids is 1. The van der Waals surface area contributed by atoms with E-state index in [0.29, 0.717) is 5.92 Å². The van der Waals surface area contributed by atoms with Crippen LogP contribution >= 0.6 is 0 Å². The molecule has 0 aromatic heterocycles. The first kappa shape index (κ1) is 11.5. The summed E-state index contributed by atoms with van der Waals surface area (Å²) in [4.78, 5) is 13.1. The highest BCUT2D eigenvalue weighted by Crippen LogP contribution is 2.22. The summed E-state index contributed by atoms with van der Waals surface area (Å²) >= 11 is 0. The second kappa shape index (κ2) is 5.35. The molecule has 0 spiro atoms. The normalized spacial score (nSPS) is 26.9. The van der Waals surface area contributed by atoms with E-state index in [-0.39, 0.29) is 5.92 Å². The highest BCUT2D eigenvalue weighted by Gasteiger charge is 2.21. The van der Waals surface area contributed by atoms with Crippen LogP contribution in [0.1, 0.15) is 32.6 Å². The van der Waals surface area contributed by atoms with Gasteiger partial charge in [0.2, 0.25) is 0 Å². The highest BCUT2D eigenvalue weighted by atomic mass is 16.4. The Morgan fingerprint density at radius 1 is 1.57 bits per heavy atom. The molecule has 14 heavy (non-hydrogen) atoms. The predicted octanol–water partition coefficient (Wildman–Crippen LogP) is 1.83. The van der Waals surface area contributed by atoms with Gasteiger partial charge in [-0.1, -0.05) is 13.3 Å². The molecule has 0 saturated carbocycles. The largest absolute Gasteiger partial charge is 0.481 e. The maximum absolute atomic E-state index is 10.7. The highest BCUT2D eigenvalue weighted by molar-refractivity contribution is 5.69. The molecular weight excluding hydrogens is 178 g/mol. The van der Waals surface area contributed by atoms with E-state index in [9.17, 15) is 4.79 Å². The van der Waals surface area contributed by atoms with Crippen LogP contribution in [0.2, 0.25) is 0 Å². The van der Waals surface area contributed by atoms with Gasteiger partial charge in [-0.25, -0.2) is 0 Å². The summed E-state index contributed by atoms with van der Waals surface area (Å²) in [6.07, 6.45) is 4.54. The number of nitrogens with zero attached hydrogens (tertiary/aromatic N) is 1. The fraction of sp³-hybridized carbons (Fsp3) is 0.909. The molecule has 2 atom stereocenters. The van der Waals surface area contributed by atoms with Crippen LogP contribution in [0, 0.1) is 11.8 Å². The third-order valence-corrected chi connectivity index (χ3v) is 3.08. The van der Waals surface area contributed by atoms with Gasteiger partial charge >= 0.3 is 5.97 Å². The maximum atomic E-state index is 10.7. The standard InChI is InChI=1S/C11H21NO2/c1-9(11(13)14)7-10-5-3-4-6-12(2)8-10/h9-10H,3-8H2,1-2H3,(H,13,14). The van der Waals surface area contributed by atoms with Crippen LogP contribution in [0.4, 0.5) is 0 Å².